The van der Waals surface area contributed by atoms with Crippen LogP contribution in [-0.2, 0) is 11.2 Å². The first-order valence-corrected chi connectivity index (χ1v) is 13.4. The summed E-state index contributed by atoms with van der Waals surface area (Å²) in [6.45, 7) is 5.27. The number of carbonyl (C=O) groups is 2. The van der Waals surface area contributed by atoms with Gasteiger partial charge in [0.05, 0.1) is 24.4 Å². The third-order valence-electron chi connectivity index (χ3n) is 6.99. The van der Waals surface area contributed by atoms with E-state index in [9.17, 15) is 9.59 Å². The highest BCUT2D eigenvalue weighted by molar-refractivity contribution is 6.33. The van der Waals surface area contributed by atoms with Crippen LogP contribution in [0.1, 0.15) is 35.7 Å². The Kier molecular flexibility index (Phi) is 9.36. The molecule has 2 aromatic carbocycles. The molecule has 1 atom stereocenters. The number of methoxy groups -OCH3 is 1. The molecule has 1 aliphatic rings. The molecule has 3 aromatic rings. The van der Waals surface area contributed by atoms with E-state index in [1.807, 2.05) is 25.3 Å². The Bertz CT molecular complexity index is 1260. The molecule has 0 aliphatic carbocycles. The van der Waals surface area contributed by atoms with Crippen LogP contribution in [0.4, 0.5) is 10.5 Å². The maximum absolute atomic E-state index is 12.7. The van der Waals surface area contributed by atoms with Crippen molar-refractivity contribution in [3.63, 3.8) is 0 Å². The molecular formula is C28H36ClN5O4. The smallest absolute Gasteiger partial charge is 0.341 e. The standard InChI is InChI=1S/C28H36ClN5O4/c1-3-31-28(36)33-20(12-19-15-32-25-7-5-4-6-21(19)25)16-34-10-8-18(9-11-34)17-38-27(35)22-13-23(29)24(30)14-26(22)37-2/h4-7,13-15,18,20,32H,3,8-12,16-17,30H2,1-2H3,(H2,31,33,36). The van der Waals surface area contributed by atoms with E-state index in [-0.39, 0.29) is 28.6 Å². The van der Waals surface area contributed by atoms with Gasteiger partial charge in [-0.05, 0) is 62.9 Å². The number of fused-ring (bicyclic) bond motifs is 1. The van der Waals surface area contributed by atoms with Gasteiger partial charge in [0.25, 0.3) is 0 Å². The molecular weight excluding hydrogens is 506 g/mol. The van der Waals surface area contributed by atoms with Crippen molar-refractivity contribution in [2.75, 3.05) is 45.6 Å². The Morgan fingerprint density at radius 2 is 2.00 bits per heavy atom. The van der Waals surface area contributed by atoms with Crippen LogP contribution < -0.4 is 21.1 Å². The largest absolute Gasteiger partial charge is 0.496 e. The number of urea groups is 1. The van der Waals surface area contributed by atoms with E-state index in [0.717, 1.165) is 44.4 Å². The fourth-order valence-electron chi connectivity index (χ4n) is 4.94. The number of ether oxygens (including phenoxy) is 2. The number of nitrogens with one attached hydrogen (secondary N) is 3. The van der Waals surface area contributed by atoms with Gasteiger partial charge in [-0.1, -0.05) is 29.8 Å². The van der Waals surface area contributed by atoms with Gasteiger partial charge in [0.1, 0.15) is 11.3 Å². The summed E-state index contributed by atoms with van der Waals surface area (Å²) >= 11 is 6.09. The predicted octanol–water partition coefficient (Wildman–Crippen LogP) is 4.21. The number of esters is 1. The molecule has 1 fully saturated rings. The second-order valence-corrected chi connectivity index (χ2v) is 10.1. The number of rotatable bonds is 10. The summed E-state index contributed by atoms with van der Waals surface area (Å²) in [6, 6.07) is 11.0. The van der Waals surface area contributed by atoms with E-state index in [4.69, 9.17) is 26.8 Å². The van der Waals surface area contributed by atoms with E-state index in [0.29, 0.717) is 24.6 Å². The zero-order valence-electron chi connectivity index (χ0n) is 21.9. The molecule has 10 heteroatoms. The van der Waals surface area contributed by atoms with Crippen LogP contribution in [0.15, 0.2) is 42.6 Å². The number of anilines is 1. The molecule has 1 aliphatic heterocycles. The topological polar surface area (TPSA) is 122 Å². The monoisotopic (exact) mass is 541 g/mol. The lowest BCUT2D eigenvalue weighted by atomic mass is 9.96. The Morgan fingerprint density at radius 3 is 2.74 bits per heavy atom. The number of para-hydroxylation sites is 1. The maximum Gasteiger partial charge on any atom is 0.341 e. The zero-order valence-corrected chi connectivity index (χ0v) is 22.6. The van der Waals surface area contributed by atoms with Crippen LogP contribution in [0.3, 0.4) is 0 Å². The van der Waals surface area contributed by atoms with Crippen molar-refractivity contribution in [1.82, 2.24) is 20.5 Å². The summed E-state index contributed by atoms with van der Waals surface area (Å²) < 4.78 is 10.9. The average Bonchev–Trinajstić information content (AvgIpc) is 3.32. The highest BCUT2D eigenvalue weighted by Gasteiger charge is 2.25. The number of piperidine rings is 1. The molecule has 4 rings (SSSR count). The molecule has 9 nitrogen and oxygen atoms in total. The van der Waals surface area contributed by atoms with Crippen molar-refractivity contribution in [2.24, 2.45) is 5.92 Å². The van der Waals surface area contributed by atoms with Crippen LogP contribution in [-0.4, -0.2) is 67.8 Å². The van der Waals surface area contributed by atoms with Crippen molar-refractivity contribution in [3.05, 3.63) is 58.7 Å². The number of nitrogens with zero attached hydrogens (tertiary/aromatic N) is 1. The van der Waals surface area contributed by atoms with Gasteiger partial charge in [0, 0.05) is 42.3 Å². The summed E-state index contributed by atoms with van der Waals surface area (Å²) in [7, 11) is 1.47. The van der Waals surface area contributed by atoms with Crippen molar-refractivity contribution in [3.8, 4) is 5.75 Å². The highest BCUT2D eigenvalue weighted by atomic mass is 35.5. The van der Waals surface area contributed by atoms with E-state index in [2.05, 4.69) is 32.7 Å². The number of benzene rings is 2. The number of hydrogen-bond donors (Lipinski definition) is 4. The molecule has 5 N–H and O–H groups in total. The Hall–Kier alpha value is -3.43. The maximum atomic E-state index is 12.7. The number of halogens is 1. The van der Waals surface area contributed by atoms with Crippen molar-refractivity contribution in [1.29, 1.82) is 0 Å². The fraction of sp³-hybridized carbons (Fsp3) is 0.429. The summed E-state index contributed by atoms with van der Waals surface area (Å²) in [5.74, 6) is 0.123. The number of nitrogen functional groups attached to an aromatic ring is 1. The number of aromatic nitrogens is 1. The minimum absolute atomic E-state index is 0.0436. The number of likely N-dealkylation sites (tertiary alicyclic amines) is 1. The lowest BCUT2D eigenvalue weighted by Crippen LogP contribution is -2.50. The minimum Gasteiger partial charge on any atom is -0.496 e. The van der Waals surface area contributed by atoms with Gasteiger partial charge in [-0.3, -0.25) is 0 Å². The summed E-state index contributed by atoms with van der Waals surface area (Å²) in [5, 5.41) is 7.46. The Balaban J connectivity index is 1.31. The second-order valence-electron chi connectivity index (χ2n) is 9.68. The number of amides is 2. The second kappa shape index (κ2) is 12.9. The van der Waals surface area contributed by atoms with E-state index >= 15 is 0 Å². The minimum atomic E-state index is -0.476. The first-order valence-electron chi connectivity index (χ1n) is 13.0. The molecule has 38 heavy (non-hydrogen) atoms. The Morgan fingerprint density at radius 1 is 1.24 bits per heavy atom. The van der Waals surface area contributed by atoms with Crippen molar-refractivity contribution >= 4 is 40.2 Å². The van der Waals surface area contributed by atoms with E-state index in [1.165, 1.54) is 30.2 Å². The van der Waals surface area contributed by atoms with Gasteiger partial charge in [0.15, 0.2) is 0 Å². The number of nitrogens with two attached hydrogens (primary N) is 1. The fourth-order valence-corrected chi connectivity index (χ4v) is 5.10. The SMILES string of the molecule is CCNC(=O)NC(Cc1c[nH]c2ccccc12)CN1CCC(COC(=O)c2cc(Cl)c(N)cc2OC)CC1. The molecule has 1 unspecified atom stereocenters. The number of H-pyrrole nitrogens is 1. The molecule has 204 valence electrons. The first kappa shape index (κ1) is 27.6. The summed E-state index contributed by atoms with van der Waals surface area (Å²) in [6.07, 6.45) is 4.55. The lowest BCUT2D eigenvalue weighted by Gasteiger charge is -2.34. The van der Waals surface area contributed by atoms with E-state index < -0.39 is 5.97 Å². The van der Waals surface area contributed by atoms with Crippen LogP contribution in [0, 0.1) is 5.92 Å². The van der Waals surface area contributed by atoms with Crippen LogP contribution >= 0.6 is 11.6 Å². The van der Waals surface area contributed by atoms with Gasteiger partial charge >= 0.3 is 12.0 Å². The van der Waals surface area contributed by atoms with Gasteiger partial charge < -0.3 is 35.7 Å². The first-order chi connectivity index (χ1) is 18.4. The number of hydrogen-bond acceptors (Lipinski definition) is 6. The number of aromatic amines is 1. The third-order valence-corrected chi connectivity index (χ3v) is 7.32. The Labute approximate surface area is 228 Å². The van der Waals surface area contributed by atoms with Gasteiger partial charge in [-0.25, -0.2) is 9.59 Å². The molecule has 0 bridgehead atoms. The molecule has 0 spiro atoms. The molecule has 2 amide bonds. The quantitative estimate of drug-likeness (QED) is 0.225. The third kappa shape index (κ3) is 6.90. The molecule has 0 saturated carbocycles. The van der Waals surface area contributed by atoms with E-state index in [1.54, 1.807) is 0 Å². The average molecular weight is 542 g/mol. The number of carbonyl (C=O) groups excluding carboxylic acids is 2. The van der Waals surface area contributed by atoms with Gasteiger partial charge in [-0.15, -0.1) is 0 Å². The molecule has 1 aromatic heterocycles. The van der Waals surface area contributed by atoms with Gasteiger partial charge in [0.2, 0.25) is 0 Å². The van der Waals surface area contributed by atoms with Crippen LogP contribution in [0.5, 0.6) is 5.75 Å². The van der Waals surface area contributed by atoms with Crippen molar-refractivity contribution < 1.29 is 19.1 Å². The van der Waals surface area contributed by atoms with Gasteiger partial charge in [-0.2, -0.15) is 0 Å². The molecule has 1 saturated heterocycles. The summed E-state index contributed by atoms with van der Waals surface area (Å²) in [5.41, 5.74) is 8.69. The molecule has 0 radical (unpaired) electrons. The predicted molar refractivity (Wildman–Crippen MR) is 150 cm³/mol. The van der Waals surface area contributed by atoms with Crippen LogP contribution in [0.2, 0.25) is 5.02 Å². The molecule has 2 heterocycles. The summed E-state index contributed by atoms with van der Waals surface area (Å²) in [4.78, 5) is 30.7. The lowest BCUT2D eigenvalue weighted by molar-refractivity contribution is 0.0365. The van der Waals surface area contributed by atoms with Crippen molar-refractivity contribution in [2.45, 2.75) is 32.2 Å². The van der Waals surface area contributed by atoms with Crippen LogP contribution in [0.25, 0.3) is 10.9 Å². The normalized spacial score (nSPS) is 15.2. The highest BCUT2D eigenvalue weighted by Crippen LogP contribution is 2.30. The zero-order chi connectivity index (χ0) is 27.1.